The van der Waals surface area contributed by atoms with Crippen molar-refractivity contribution in [3.8, 4) is 11.8 Å². The van der Waals surface area contributed by atoms with Crippen molar-refractivity contribution in [2.75, 3.05) is 32.5 Å². The van der Waals surface area contributed by atoms with Gasteiger partial charge in [-0.15, -0.1) is 0 Å². The molecule has 7 heteroatoms. The number of anilines is 2. The molecule has 170 valence electrons. The highest BCUT2D eigenvalue weighted by Crippen LogP contribution is 2.34. The van der Waals surface area contributed by atoms with Gasteiger partial charge in [-0.2, -0.15) is 5.26 Å². The number of halogens is 1. The van der Waals surface area contributed by atoms with Gasteiger partial charge in [-0.3, -0.25) is 9.78 Å². The number of pyridine rings is 1. The topological polar surface area (TPSA) is 78.2 Å². The average molecular weight is 452 g/mol. The molecule has 6 nitrogen and oxygen atoms in total. The molecule has 3 rings (SSSR count). The predicted molar refractivity (Wildman–Crippen MR) is 128 cm³/mol. The maximum absolute atomic E-state index is 13.8. The molecule has 0 atom stereocenters. The molecule has 3 aromatic rings. The maximum atomic E-state index is 13.8. The van der Waals surface area contributed by atoms with Crippen molar-refractivity contribution >= 4 is 28.1 Å². The Morgan fingerprint density at radius 2 is 2.21 bits per heavy atom. The third-order valence-electron chi connectivity index (χ3n) is 4.67. The van der Waals surface area contributed by atoms with E-state index in [0.717, 1.165) is 6.92 Å². The van der Waals surface area contributed by atoms with E-state index in [9.17, 15) is 14.4 Å². The molecule has 0 saturated heterocycles. The highest BCUT2D eigenvalue weighted by molar-refractivity contribution is 5.98. The number of allylic oxidation sites excluding steroid dienone is 1. The second-order valence-electron chi connectivity index (χ2n) is 7.57. The van der Waals surface area contributed by atoms with Crippen LogP contribution in [0.5, 0.6) is 5.75 Å². The molecule has 0 aliphatic heterocycles. The van der Waals surface area contributed by atoms with Crippen LogP contribution in [-0.2, 0) is 11.2 Å². The van der Waals surface area contributed by atoms with Gasteiger partial charge in [0.2, 0.25) is 0 Å². The number of carbonyl (C=O) groups excluding carboxylic acids is 1. The summed E-state index contributed by atoms with van der Waals surface area (Å²) in [5.41, 5.74) is 0.230. The number of ketones is 1. The zero-order valence-corrected chi connectivity index (χ0v) is 18.8. The van der Waals surface area contributed by atoms with Gasteiger partial charge < -0.3 is 15.0 Å². The van der Waals surface area contributed by atoms with Gasteiger partial charge in [-0.25, -0.2) is 4.39 Å². The number of aromatic nitrogens is 1. The van der Waals surface area contributed by atoms with Gasteiger partial charge in [0.25, 0.3) is 0 Å². The first-order valence-corrected chi connectivity index (χ1v) is 10.2. The molecule has 0 aliphatic rings. The lowest BCUT2D eigenvalue weighted by atomic mass is 10.0. The van der Waals surface area contributed by atoms with Crippen molar-refractivity contribution in [3.63, 3.8) is 0 Å². The minimum Gasteiger partial charge on any atom is -0.494 e. The number of hydrogen-bond acceptors (Lipinski definition) is 6. The summed E-state index contributed by atoms with van der Waals surface area (Å²) in [5.74, 6) is -1.19. The molecule has 0 spiro atoms. The Hall–Kier alpha value is -3.76. The number of ether oxygens (including phenoxy) is 1. The molecule has 0 saturated carbocycles. The lowest BCUT2D eigenvalue weighted by Gasteiger charge is -2.15. The number of nitrogens with one attached hydrogen (secondary N) is 1. The largest absolute Gasteiger partial charge is 0.494 e. The van der Waals surface area contributed by atoms with E-state index in [-0.39, 0.29) is 45.9 Å². The third kappa shape index (κ3) is 5.93. The maximum Gasteiger partial charge on any atom is 0.159 e. The summed E-state index contributed by atoms with van der Waals surface area (Å²) in [7, 11) is 3.67. The number of nitrogens with zero attached hydrogens (tertiary/aromatic N) is 3. The van der Waals surface area contributed by atoms with Crippen LogP contribution in [0, 0.1) is 24.1 Å². The van der Waals surface area contributed by atoms with Crippen LogP contribution in [-0.4, -0.2) is 42.9 Å². The number of hydrogen-bond donors (Lipinski definition) is 1. The fraction of sp³-hybridized carbons (Fsp3) is 0.269. The first-order chi connectivity index (χ1) is 17.7. The summed E-state index contributed by atoms with van der Waals surface area (Å²) in [4.78, 5) is 18.7. The average Bonchev–Trinajstić information content (AvgIpc) is 2.81. The molecule has 33 heavy (non-hydrogen) atoms. The first-order valence-electron chi connectivity index (χ1n) is 12.7. The summed E-state index contributed by atoms with van der Waals surface area (Å²) in [5, 5.41) is 12.7. The number of carbonyl (C=O) groups is 1. The van der Waals surface area contributed by atoms with Crippen molar-refractivity contribution in [1.29, 1.82) is 5.26 Å². The van der Waals surface area contributed by atoms with Gasteiger partial charge in [-0.1, -0.05) is 6.08 Å². The molecule has 0 radical (unpaired) electrons. The van der Waals surface area contributed by atoms with Crippen LogP contribution >= 0.6 is 0 Å². The van der Waals surface area contributed by atoms with Crippen molar-refractivity contribution in [2.24, 2.45) is 0 Å². The molecule has 1 N–H and O–H groups in total. The Morgan fingerprint density at radius 1 is 1.42 bits per heavy atom. The lowest BCUT2D eigenvalue weighted by Crippen LogP contribution is -2.11. The monoisotopic (exact) mass is 451 g/mol. The molecule has 0 fully saturated rings. The summed E-state index contributed by atoms with van der Waals surface area (Å²) in [6.07, 6.45) is 2.12. The predicted octanol–water partition coefficient (Wildman–Crippen LogP) is 4.93. The van der Waals surface area contributed by atoms with Crippen LogP contribution in [0.15, 0.2) is 48.6 Å². The minimum atomic E-state index is -2.25. The van der Waals surface area contributed by atoms with Crippen LogP contribution in [0.25, 0.3) is 10.9 Å². The summed E-state index contributed by atoms with van der Waals surface area (Å²) >= 11 is 0. The molecule has 1 heterocycles. The van der Waals surface area contributed by atoms with E-state index in [0.29, 0.717) is 17.8 Å². The minimum absolute atomic E-state index is 0.00471. The Kier molecular flexibility index (Phi) is 5.76. The molecule has 0 bridgehead atoms. The van der Waals surface area contributed by atoms with Gasteiger partial charge in [0.15, 0.2) is 5.78 Å². The Morgan fingerprint density at radius 3 is 2.88 bits per heavy atom. The number of benzene rings is 2. The molecular formula is C26H27FN4O2. The fourth-order valence-electron chi connectivity index (χ4n) is 3.08. The lowest BCUT2D eigenvalue weighted by molar-refractivity contribution is -0.114. The summed E-state index contributed by atoms with van der Waals surface area (Å²) in [6.45, 7) is 0.918. The quantitative estimate of drug-likeness (QED) is 0.465. The molecule has 0 aliphatic carbocycles. The van der Waals surface area contributed by atoms with Crippen molar-refractivity contribution in [2.45, 2.75) is 20.3 Å². The fourth-order valence-corrected chi connectivity index (χ4v) is 3.08. The van der Waals surface area contributed by atoms with Gasteiger partial charge >= 0.3 is 0 Å². The van der Waals surface area contributed by atoms with Gasteiger partial charge in [-0.05, 0) is 63.8 Å². The van der Waals surface area contributed by atoms with Crippen LogP contribution in [0.3, 0.4) is 0 Å². The van der Waals surface area contributed by atoms with E-state index in [1.54, 1.807) is 13.0 Å². The highest BCUT2D eigenvalue weighted by Gasteiger charge is 2.16. The van der Waals surface area contributed by atoms with Crippen molar-refractivity contribution in [1.82, 2.24) is 9.88 Å². The van der Waals surface area contributed by atoms with E-state index < -0.39 is 30.4 Å². The van der Waals surface area contributed by atoms with E-state index in [2.05, 4.69) is 10.3 Å². The number of fused-ring (bicyclic) bond motifs is 1. The van der Waals surface area contributed by atoms with Crippen LogP contribution in [0.2, 0.25) is 0 Å². The second-order valence-corrected chi connectivity index (χ2v) is 7.57. The van der Waals surface area contributed by atoms with Gasteiger partial charge in [0.05, 0.1) is 30.2 Å². The van der Waals surface area contributed by atoms with E-state index >= 15 is 0 Å². The second kappa shape index (κ2) is 10.7. The Balaban J connectivity index is 2.32. The normalized spacial score (nSPS) is 13.8. The number of likely N-dealkylation sites (N-methyl/N-ethyl adjacent to an activating group) is 1. The van der Waals surface area contributed by atoms with Crippen molar-refractivity contribution in [3.05, 3.63) is 71.1 Å². The zero-order chi connectivity index (χ0) is 28.4. The SMILES string of the molecule is [2H]c1nc2c([2H])c(OC([2H])([2H])C)c(CC(=O)/C=C/CN(C)C)c([2H])c2c(Nc2ccc(F)c(C)c2)c1C#N. The van der Waals surface area contributed by atoms with Crippen molar-refractivity contribution < 1.29 is 20.8 Å². The van der Waals surface area contributed by atoms with E-state index in [1.165, 1.54) is 24.3 Å². The number of aryl methyl sites for hydroxylation is 1. The van der Waals surface area contributed by atoms with E-state index in [4.69, 9.17) is 11.6 Å². The van der Waals surface area contributed by atoms with Crippen LogP contribution in [0.1, 0.15) is 30.5 Å². The molecular weight excluding hydrogens is 419 g/mol. The number of nitriles is 1. The smallest absolute Gasteiger partial charge is 0.159 e. The zero-order valence-electron chi connectivity index (χ0n) is 23.8. The Labute approximate surface area is 200 Å². The number of rotatable bonds is 9. The molecule has 0 unspecified atom stereocenters. The third-order valence-corrected chi connectivity index (χ3v) is 4.67. The highest BCUT2D eigenvalue weighted by atomic mass is 19.1. The van der Waals surface area contributed by atoms with Gasteiger partial charge in [0.1, 0.15) is 17.6 Å². The van der Waals surface area contributed by atoms with E-state index in [1.807, 2.05) is 25.1 Å². The standard InChI is InChI=1S/C26H27FN4O2/c1-5-33-25-14-24-22(13-18(25)12-21(32)7-6-10-31(3)4)26(19(15-28)16-29-24)30-20-8-9-23(27)17(2)11-20/h6-9,11,13-14,16H,5,10,12H2,1-4H3,(H,29,30)/b7-6+/i5D2,13D,14D,16D. The summed E-state index contributed by atoms with van der Waals surface area (Å²) < 4.78 is 61.0. The molecule has 0 amide bonds. The molecule has 2 aromatic carbocycles. The molecule has 1 aromatic heterocycles. The Bertz CT molecular complexity index is 1480. The summed E-state index contributed by atoms with van der Waals surface area (Å²) in [6, 6.07) is 5.29. The van der Waals surface area contributed by atoms with Crippen LogP contribution in [0.4, 0.5) is 15.8 Å². The van der Waals surface area contributed by atoms with Crippen LogP contribution < -0.4 is 10.1 Å². The van der Waals surface area contributed by atoms with Gasteiger partial charge in [0, 0.05) is 41.8 Å². The first kappa shape index (κ1) is 17.8.